The third-order valence-electron chi connectivity index (χ3n) is 8.76. The summed E-state index contributed by atoms with van der Waals surface area (Å²) in [5, 5.41) is 13.2. The Bertz CT molecular complexity index is 1480. The maximum absolute atomic E-state index is 14.4. The molecule has 3 amide bonds. The number of allylic oxidation sites excluding steroid dienone is 1. The van der Waals surface area contributed by atoms with Crippen molar-refractivity contribution in [2.45, 2.75) is 43.1 Å². The van der Waals surface area contributed by atoms with Crippen LogP contribution in [0.3, 0.4) is 0 Å². The minimum atomic E-state index is -1.43. The van der Waals surface area contributed by atoms with E-state index in [4.69, 9.17) is 21.1 Å². The molecule has 0 aromatic heterocycles. The molecule has 230 valence electrons. The zero-order valence-electron chi connectivity index (χ0n) is 24.0. The number of carbonyl (C=O) groups is 4. The van der Waals surface area contributed by atoms with Crippen LogP contribution in [0.2, 0.25) is 5.02 Å². The van der Waals surface area contributed by atoms with Gasteiger partial charge in [0.15, 0.2) is 0 Å². The van der Waals surface area contributed by atoms with E-state index in [2.05, 4.69) is 5.32 Å². The van der Waals surface area contributed by atoms with Gasteiger partial charge in [0.05, 0.1) is 24.0 Å². The van der Waals surface area contributed by atoms with Gasteiger partial charge in [-0.15, -0.1) is 0 Å². The molecule has 0 bridgehead atoms. The van der Waals surface area contributed by atoms with Crippen molar-refractivity contribution in [3.05, 3.63) is 89.5 Å². The van der Waals surface area contributed by atoms with Crippen molar-refractivity contribution in [1.82, 2.24) is 10.2 Å². The monoisotopic (exact) mass is 619 g/mol. The van der Waals surface area contributed by atoms with Gasteiger partial charge >= 0.3 is 5.97 Å². The number of nitrogens with zero attached hydrogens (tertiary/aromatic N) is 2. The molecule has 2 aromatic carbocycles. The summed E-state index contributed by atoms with van der Waals surface area (Å²) in [4.78, 5) is 58.4. The number of aliphatic hydroxyl groups is 1. The highest BCUT2D eigenvalue weighted by Crippen LogP contribution is 2.53. The van der Waals surface area contributed by atoms with E-state index >= 15 is 0 Å². The highest BCUT2D eigenvalue weighted by atomic mass is 35.5. The van der Waals surface area contributed by atoms with Crippen molar-refractivity contribution < 1.29 is 33.8 Å². The molecular formula is C33H34ClN3O7. The van der Waals surface area contributed by atoms with Gasteiger partial charge in [-0.2, -0.15) is 0 Å². The molecule has 4 heterocycles. The molecule has 2 N–H and O–H groups in total. The average Bonchev–Trinajstić information content (AvgIpc) is 3.41. The zero-order valence-corrected chi connectivity index (χ0v) is 24.8. The van der Waals surface area contributed by atoms with E-state index in [9.17, 15) is 24.3 Å². The van der Waals surface area contributed by atoms with E-state index in [-0.39, 0.29) is 56.9 Å². The molecule has 6 atom stereocenters. The van der Waals surface area contributed by atoms with Crippen LogP contribution in [0.1, 0.15) is 30.9 Å². The molecule has 4 aliphatic heterocycles. The number of ether oxygens (including phenoxy) is 2. The number of halogens is 1. The van der Waals surface area contributed by atoms with E-state index in [0.29, 0.717) is 17.1 Å². The van der Waals surface area contributed by atoms with Gasteiger partial charge in [0.2, 0.25) is 11.8 Å². The van der Waals surface area contributed by atoms with Gasteiger partial charge in [-0.25, -0.2) is 0 Å². The Morgan fingerprint density at radius 2 is 1.77 bits per heavy atom. The topological polar surface area (TPSA) is 125 Å². The van der Waals surface area contributed by atoms with Crippen molar-refractivity contribution in [2.24, 2.45) is 11.8 Å². The number of rotatable bonds is 5. The second-order valence-electron chi connectivity index (χ2n) is 11.4. The number of hydrogen-bond donors (Lipinski definition) is 2. The number of amides is 3. The van der Waals surface area contributed by atoms with E-state index in [1.165, 1.54) is 4.90 Å². The molecule has 4 aliphatic rings. The Hall–Kier alpha value is -3.99. The Kier molecular flexibility index (Phi) is 8.57. The predicted molar refractivity (Wildman–Crippen MR) is 161 cm³/mol. The van der Waals surface area contributed by atoms with Crippen molar-refractivity contribution in [1.29, 1.82) is 0 Å². The maximum atomic E-state index is 14.4. The van der Waals surface area contributed by atoms with Crippen molar-refractivity contribution in [3.8, 4) is 0 Å². The second-order valence-corrected chi connectivity index (χ2v) is 11.8. The summed E-state index contributed by atoms with van der Waals surface area (Å²) >= 11 is 6.11. The van der Waals surface area contributed by atoms with Crippen LogP contribution in [0.4, 0.5) is 5.69 Å². The number of cyclic esters (lactones) is 1. The zero-order chi connectivity index (χ0) is 30.8. The Morgan fingerprint density at radius 3 is 2.52 bits per heavy atom. The molecule has 2 fully saturated rings. The van der Waals surface area contributed by atoms with E-state index < -0.39 is 41.5 Å². The first-order valence-corrected chi connectivity index (χ1v) is 15.2. The van der Waals surface area contributed by atoms with Crippen LogP contribution in [0.5, 0.6) is 0 Å². The van der Waals surface area contributed by atoms with Gasteiger partial charge in [-0.1, -0.05) is 66.2 Å². The summed E-state index contributed by atoms with van der Waals surface area (Å²) in [7, 11) is 0. The molecule has 2 aromatic rings. The lowest BCUT2D eigenvalue weighted by Gasteiger charge is -2.35. The lowest BCUT2D eigenvalue weighted by atomic mass is 9.77. The quantitative estimate of drug-likeness (QED) is 0.389. The van der Waals surface area contributed by atoms with Crippen molar-refractivity contribution in [3.63, 3.8) is 0 Å². The van der Waals surface area contributed by atoms with Crippen LogP contribution >= 0.6 is 11.6 Å². The number of aliphatic hydroxyl groups excluding tert-OH is 1. The number of esters is 1. The molecular weight excluding hydrogens is 586 g/mol. The molecule has 2 saturated heterocycles. The van der Waals surface area contributed by atoms with Crippen molar-refractivity contribution >= 4 is 41.0 Å². The normalized spacial score (nSPS) is 31.2. The standard InChI is InChI=1S/C33H34ClN3O7/c34-22-12-14-23(15-13-22)36-17-6-16-33-28(31(41)37(18-7-19-38)29(33)32(36)42)27-25(44-33)10-4-5-11-26(39)43-20-24(35-30(27)40)21-8-2-1-3-9-21/h1-4,6,8-10,12-16,24-25,27-29,38H,5,7,11,17-20H2,(H,35,40)/b10-4-/t24-,25+,27-,28-,29+,33-/m1/s1. The summed E-state index contributed by atoms with van der Waals surface area (Å²) < 4.78 is 12.2. The summed E-state index contributed by atoms with van der Waals surface area (Å²) in [5.41, 5.74) is -0.0808. The molecule has 11 heteroatoms. The Labute approximate surface area is 260 Å². The van der Waals surface area contributed by atoms with E-state index in [0.717, 1.165) is 5.56 Å². The van der Waals surface area contributed by atoms with Crippen LogP contribution < -0.4 is 10.2 Å². The first-order valence-electron chi connectivity index (χ1n) is 14.9. The molecule has 6 rings (SSSR count). The minimum absolute atomic E-state index is 0.0695. The SMILES string of the molecule is O=C1CC/C=C\[C@@H]2O[C@@]34C=CCN(c5ccc(Cl)cc5)C(=O)[C@@H]3N(CCCO)C(=O)[C@H]4[C@@H]2C(=O)N[C@@H](c2ccccc2)CO1. The molecule has 0 aliphatic carbocycles. The first-order chi connectivity index (χ1) is 21.3. The van der Waals surface area contributed by atoms with Crippen LogP contribution in [0.25, 0.3) is 0 Å². The fourth-order valence-corrected chi connectivity index (χ4v) is 6.90. The number of benzene rings is 2. The maximum Gasteiger partial charge on any atom is 0.306 e. The molecule has 0 unspecified atom stereocenters. The molecule has 0 saturated carbocycles. The highest BCUT2D eigenvalue weighted by Gasteiger charge is 2.71. The lowest BCUT2D eigenvalue weighted by molar-refractivity contribution is -0.146. The van der Waals surface area contributed by atoms with Gasteiger partial charge in [-0.05, 0) is 42.7 Å². The number of fused-ring (bicyclic) bond motifs is 2. The van der Waals surface area contributed by atoms with Gasteiger partial charge in [-0.3, -0.25) is 19.2 Å². The second kappa shape index (κ2) is 12.6. The fourth-order valence-electron chi connectivity index (χ4n) is 6.77. The van der Waals surface area contributed by atoms with Crippen LogP contribution in [0.15, 0.2) is 78.9 Å². The third-order valence-corrected chi connectivity index (χ3v) is 9.01. The van der Waals surface area contributed by atoms with Crippen LogP contribution in [-0.4, -0.2) is 77.7 Å². The van der Waals surface area contributed by atoms with Gasteiger partial charge in [0.1, 0.15) is 18.2 Å². The van der Waals surface area contributed by atoms with E-state index in [1.807, 2.05) is 30.3 Å². The summed E-state index contributed by atoms with van der Waals surface area (Å²) in [6, 6.07) is 14.3. The third kappa shape index (κ3) is 5.42. The summed E-state index contributed by atoms with van der Waals surface area (Å²) in [5.74, 6) is -3.55. The van der Waals surface area contributed by atoms with Gasteiger partial charge in [0.25, 0.3) is 5.91 Å². The number of anilines is 1. The van der Waals surface area contributed by atoms with Gasteiger partial charge < -0.3 is 29.7 Å². The number of nitrogens with one attached hydrogen (secondary N) is 1. The largest absolute Gasteiger partial charge is 0.463 e. The Balaban J connectivity index is 1.42. The van der Waals surface area contributed by atoms with E-state index in [1.54, 1.807) is 53.5 Å². The summed E-state index contributed by atoms with van der Waals surface area (Å²) in [6.45, 7) is 0.101. The first kappa shape index (κ1) is 30.1. The molecule has 1 spiro atoms. The average molecular weight is 620 g/mol. The lowest BCUT2D eigenvalue weighted by Crippen LogP contribution is -2.55. The fraction of sp³-hybridized carbons (Fsp3) is 0.394. The van der Waals surface area contributed by atoms with Crippen molar-refractivity contribution in [2.75, 3.05) is 31.2 Å². The van der Waals surface area contributed by atoms with Gasteiger partial charge in [0, 0.05) is 36.8 Å². The smallest absolute Gasteiger partial charge is 0.306 e. The predicted octanol–water partition coefficient (Wildman–Crippen LogP) is 2.96. The number of hydrogen-bond acceptors (Lipinski definition) is 7. The summed E-state index contributed by atoms with van der Waals surface area (Å²) in [6.07, 6.45) is 6.96. The number of carbonyl (C=O) groups excluding carboxylic acids is 4. The molecule has 0 radical (unpaired) electrons. The number of likely N-dealkylation sites (tertiary alicyclic amines) is 1. The van der Waals surface area contributed by atoms with Crippen LogP contribution in [-0.2, 0) is 28.7 Å². The molecule has 10 nitrogen and oxygen atoms in total. The Morgan fingerprint density at radius 1 is 1.00 bits per heavy atom. The van der Waals surface area contributed by atoms with Crippen LogP contribution in [0, 0.1) is 11.8 Å². The highest BCUT2D eigenvalue weighted by molar-refractivity contribution is 6.30. The molecule has 44 heavy (non-hydrogen) atoms. The minimum Gasteiger partial charge on any atom is -0.463 e.